The molecule has 0 aliphatic carbocycles. The zero-order chi connectivity index (χ0) is 54.7. The molecule has 1 heterocycles. The molecule has 0 saturated carbocycles. The van der Waals surface area contributed by atoms with Crippen molar-refractivity contribution in [2.45, 2.75) is 289 Å². The molecule has 0 bridgehead atoms. The van der Waals surface area contributed by atoms with Gasteiger partial charge >= 0.3 is 23.9 Å². The van der Waals surface area contributed by atoms with Crippen LogP contribution in [0.25, 0.3) is 0 Å². The smallest absolute Gasteiger partial charge is 0.335 e. The van der Waals surface area contributed by atoms with Gasteiger partial charge in [-0.15, -0.1) is 0 Å². The van der Waals surface area contributed by atoms with Crippen molar-refractivity contribution in [3.63, 3.8) is 0 Å². The Morgan fingerprint density at radius 3 is 1.25 bits per heavy atom. The molecule has 75 heavy (non-hydrogen) atoms. The second kappa shape index (κ2) is 50.9. The number of hydrogen-bond donors (Lipinski definition) is 3. The van der Waals surface area contributed by atoms with Gasteiger partial charge in [0.05, 0.1) is 6.61 Å². The number of ether oxygens (including phenoxy) is 5. The van der Waals surface area contributed by atoms with Crippen LogP contribution in [0, 0.1) is 0 Å². The number of aliphatic hydroxyl groups is 2. The molecule has 6 atom stereocenters. The molecular weight excluding hydrogens is 949 g/mol. The fourth-order valence-corrected chi connectivity index (χ4v) is 8.75. The number of carboxylic acid groups (broad SMARTS) is 1. The maximum atomic E-state index is 13.1. The molecule has 0 radical (unpaired) electrons. The van der Waals surface area contributed by atoms with E-state index in [0.29, 0.717) is 19.3 Å². The Kier molecular flexibility index (Phi) is 47.0. The highest BCUT2D eigenvalue weighted by atomic mass is 16.7. The van der Waals surface area contributed by atoms with E-state index in [1.165, 1.54) is 109 Å². The van der Waals surface area contributed by atoms with Gasteiger partial charge in [0.1, 0.15) is 18.8 Å². The first-order chi connectivity index (χ1) is 36.6. The SMILES string of the molecule is CC/C=C\C/C=C\C/C=C\C/C=C\C/C=C\C/C=C\CCC(=O)OCC(COC1OC(C(=O)O)C(O)C(O)C1OC(=O)CCCCCCCCCCCCC)OC(=O)CCCCCCCCCCCCCCCCC. The average Bonchev–Trinajstić information content (AvgIpc) is 3.39. The minimum atomic E-state index is -1.91. The molecule has 1 aliphatic heterocycles. The minimum Gasteiger partial charge on any atom is -0.479 e. The quantitative estimate of drug-likeness (QED) is 0.0228. The number of hydrogen-bond acceptors (Lipinski definition) is 11. The van der Waals surface area contributed by atoms with Gasteiger partial charge in [-0.1, -0.05) is 248 Å². The average molecular weight is 1060 g/mol. The van der Waals surface area contributed by atoms with Crippen LogP contribution in [0.2, 0.25) is 0 Å². The maximum absolute atomic E-state index is 13.1. The van der Waals surface area contributed by atoms with Gasteiger partial charge in [0.15, 0.2) is 24.6 Å². The number of allylic oxidation sites excluding steroid dienone is 12. The summed E-state index contributed by atoms with van der Waals surface area (Å²) in [6, 6.07) is 0. The third-order valence-corrected chi connectivity index (χ3v) is 13.3. The Balaban J connectivity index is 2.72. The van der Waals surface area contributed by atoms with Crippen molar-refractivity contribution in [2.24, 2.45) is 0 Å². The molecule has 1 rings (SSSR count). The molecule has 6 unspecified atom stereocenters. The third kappa shape index (κ3) is 41.0. The fourth-order valence-electron chi connectivity index (χ4n) is 8.75. The van der Waals surface area contributed by atoms with Gasteiger partial charge in [0.25, 0.3) is 0 Å². The summed E-state index contributed by atoms with van der Waals surface area (Å²) in [6.45, 7) is 5.81. The lowest BCUT2D eigenvalue weighted by Crippen LogP contribution is -2.61. The molecule has 12 nitrogen and oxygen atoms in total. The largest absolute Gasteiger partial charge is 0.479 e. The summed E-state index contributed by atoms with van der Waals surface area (Å²) < 4.78 is 28.3. The third-order valence-electron chi connectivity index (χ3n) is 13.3. The Labute approximate surface area is 455 Å². The molecule has 0 aromatic rings. The standard InChI is InChI=1S/C63H106O12/c1-4-7-10-13-16-19-22-24-26-27-28-29-31-32-35-37-40-43-46-49-55(64)71-52-54(73-56(65)50-47-44-41-39-36-33-30-25-23-20-17-14-11-8-5-2)53-72-63-61(59(68)58(67)60(75-63)62(69)70)74-57(66)51-48-45-42-38-34-21-18-15-12-9-6-3/h7,10,16,19,24,26,28-29,32,35,40,43,54,58-61,63,67-68H,4-6,8-9,11-15,17-18,20-23,25,27,30-31,33-34,36-39,41-42,44-53H2,1-3H3,(H,69,70)/b10-7-,19-16-,26-24-,29-28-,35-32-,43-40-. The van der Waals surface area contributed by atoms with Crippen LogP contribution in [0.4, 0.5) is 0 Å². The van der Waals surface area contributed by atoms with E-state index in [1.54, 1.807) is 0 Å². The van der Waals surface area contributed by atoms with Gasteiger partial charge in [0.2, 0.25) is 0 Å². The van der Waals surface area contributed by atoms with E-state index in [1.807, 2.05) is 12.2 Å². The van der Waals surface area contributed by atoms with E-state index < -0.39 is 67.3 Å². The van der Waals surface area contributed by atoms with Gasteiger partial charge in [-0.25, -0.2) is 4.79 Å². The van der Waals surface area contributed by atoms with Crippen molar-refractivity contribution in [1.29, 1.82) is 0 Å². The highest BCUT2D eigenvalue weighted by Crippen LogP contribution is 2.26. The lowest BCUT2D eigenvalue weighted by atomic mass is 9.98. The molecule has 1 saturated heterocycles. The minimum absolute atomic E-state index is 0.0550. The Morgan fingerprint density at radius 2 is 0.840 bits per heavy atom. The first-order valence-electron chi connectivity index (χ1n) is 29.9. The van der Waals surface area contributed by atoms with E-state index in [9.17, 15) is 34.5 Å². The number of esters is 3. The summed E-state index contributed by atoms with van der Waals surface area (Å²) in [5, 5.41) is 31.4. The Hall–Kier alpha value is -3.84. The Bertz CT molecular complexity index is 1580. The van der Waals surface area contributed by atoms with E-state index in [4.69, 9.17) is 23.7 Å². The predicted molar refractivity (Wildman–Crippen MR) is 303 cm³/mol. The number of carboxylic acids is 1. The van der Waals surface area contributed by atoms with E-state index in [2.05, 4.69) is 81.5 Å². The second-order valence-corrected chi connectivity index (χ2v) is 20.3. The zero-order valence-corrected chi connectivity index (χ0v) is 47.3. The molecule has 1 fully saturated rings. The molecule has 0 aromatic carbocycles. The molecule has 430 valence electrons. The van der Waals surface area contributed by atoms with Crippen LogP contribution in [0.15, 0.2) is 72.9 Å². The van der Waals surface area contributed by atoms with Gasteiger partial charge in [0, 0.05) is 19.3 Å². The predicted octanol–water partition coefficient (Wildman–Crippen LogP) is 15.3. The van der Waals surface area contributed by atoms with Crippen molar-refractivity contribution in [2.75, 3.05) is 13.2 Å². The van der Waals surface area contributed by atoms with Crippen LogP contribution in [0.1, 0.15) is 252 Å². The molecule has 1 aliphatic rings. The van der Waals surface area contributed by atoms with E-state index >= 15 is 0 Å². The van der Waals surface area contributed by atoms with Gasteiger partial charge in [-0.3, -0.25) is 14.4 Å². The highest BCUT2D eigenvalue weighted by Gasteiger charge is 2.50. The lowest BCUT2D eigenvalue weighted by Gasteiger charge is -2.40. The number of rotatable bonds is 50. The maximum Gasteiger partial charge on any atom is 0.335 e. The van der Waals surface area contributed by atoms with Crippen molar-refractivity contribution >= 4 is 23.9 Å². The van der Waals surface area contributed by atoms with Crippen molar-refractivity contribution in [3.8, 4) is 0 Å². The van der Waals surface area contributed by atoms with Crippen LogP contribution in [0.5, 0.6) is 0 Å². The monoisotopic (exact) mass is 1050 g/mol. The molecule has 0 spiro atoms. The summed E-state index contributed by atoms with van der Waals surface area (Å²) in [4.78, 5) is 51.0. The second-order valence-electron chi connectivity index (χ2n) is 20.3. The zero-order valence-electron chi connectivity index (χ0n) is 47.3. The van der Waals surface area contributed by atoms with Crippen LogP contribution in [-0.2, 0) is 42.9 Å². The molecule has 0 aromatic heterocycles. The van der Waals surface area contributed by atoms with Crippen molar-refractivity contribution in [3.05, 3.63) is 72.9 Å². The Morgan fingerprint density at radius 1 is 0.453 bits per heavy atom. The van der Waals surface area contributed by atoms with E-state index in [-0.39, 0.29) is 25.9 Å². The highest BCUT2D eigenvalue weighted by molar-refractivity contribution is 5.74. The van der Waals surface area contributed by atoms with E-state index in [0.717, 1.165) is 83.5 Å². The molecule has 3 N–H and O–H groups in total. The summed E-state index contributed by atoms with van der Waals surface area (Å²) in [6.07, 6.45) is 51.8. The normalized spacial score (nSPS) is 18.7. The number of carbonyl (C=O) groups is 4. The summed E-state index contributed by atoms with van der Waals surface area (Å²) >= 11 is 0. The van der Waals surface area contributed by atoms with Crippen molar-refractivity contribution < 1.29 is 58.2 Å². The molecule has 12 heteroatoms. The number of aliphatic carboxylic acids is 1. The molecular formula is C63H106O12. The molecule has 0 amide bonds. The first-order valence-corrected chi connectivity index (χ1v) is 29.9. The first kappa shape index (κ1) is 69.2. The van der Waals surface area contributed by atoms with Crippen LogP contribution >= 0.6 is 0 Å². The lowest BCUT2D eigenvalue weighted by molar-refractivity contribution is -0.301. The topological polar surface area (TPSA) is 175 Å². The number of unbranched alkanes of at least 4 members (excludes halogenated alkanes) is 24. The summed E-state index contributed by atoms with van der Waals surface area (Å²) in [5.74, 6) is -3.22. The van der Waals surface area contributed by atoms with Crippen LogP contribution < -0.4 is 0 Å². The van der Waals surface area contributed by atoms with Gasteiger partial charge in [-0.2, -0.15) is 0 Å². The van der Waals surface area contributed by atoms with Gasteiger partial charge < -0.3 is 39.0 Å². The number of carbonyl (C=O) groups excluding carboxylic acids is 3. The van der Waals surface area contributed by atoms with Crippen LogP contribution in [-0.4, -0.2) is 89.2 Å². The number of aliphatic hydroxyl groups excluding tert-OH is 2. The summed E-state index contributed by atoms with van der Waals surface area (Å²) in [5.41, 5.74) is 0. The van der Waals surface area contributed by atoms with Crippen molar-refractivity contribution in [1.82, 2.24) is 0 Å². The van der Waals surface area contributed by atoms with Gasteiger partial charge in [-0.05, 0) is 57.8 Å². The summed E-state index contributed by atoms with van der Waals surface area (Å²) in [7, 11) is 0. The van der Waals surface area contributed by atoms with Crippen LogP contribution in [0.3, 0.4) is 0 Å². The fraction of sp³-hybridized carbons (Fsp3) is 0.746.